The molecule has 0 saturated carbocycles. The highest BCUT2D eigenvalue weighted by Gasteiger charge is 2.19. The molecule has 6 heteroatoms. The molecule has 0 heterocycles. The van der Waals surface area contributed by atoms with Crippen LogP contribution in [0.2, 0.25) is 0 Å². The Balaban J connectivity index is 4.25. The van der Waals surface area contributed by atoms with Crippen LogP contribution in [0, 0.1) is 0 Å². The maximum absolute atomic E-state index is 12.9. The van der Waals surface area contributed by atoms with Gasteiger partial charge >= 0.3 is 17.9 Å². The molecule has 0 aromatic rings. The standard InChI is InChI=1S/C73H122O6/c1-4-7-10-13-16-19-22-25-27-29-30-31-32-33-34-35-36-37-38-39-40-41-42-44-45-48-51-54-57-60-63-66-72(75)78-69-70(68-77-71(74)65-62-59-56-53-50-47-24-21-18-15-12-9-6-3)79-73(76)67-64-61-58-55-52-49-46-43-28-26-23-20-17-14-11-8-5-2/h7-8,10-11,16-17,19-21,24-28,30-31,33-34,46,49,70H,4-6,9,12-15,18,22-23,29,32,35-45,47-48,50-69H2,1-3H3/b10-7-,11-8-,19-16-,20-17-,24-21-,27-25-,28-26-,31-30-,34-33-,49-46-. The van der Waals surface area contributed by atoms with Gasteiger partial charge in [-0.3, -0.25) is 14.4 Å². The SMILES string of the molecule is CC/C=C\C/C=C\C/C=C\C/C=C\C/C=C\CCCCCCCCCCCCCCCCCC(=O)OCC(COC(=O)CCCCCCC/C=C\CCCCCC)OC(=O)CCCCCC/C=C\C/C=C\C/C=C\C/C=C\CC. The lowest BCUT2D eigenvalue weighted by Crippen LogP contribution is -2.30. The first-order valence-corrected chi connectivity index (χ1v) is 33.0. The number of allylic oxidation sites excluding steroid dienone is 20. The van der Waals surface area contributed by atoms with Crippen molar-refractivity contribution in [3.05, 3.63) is 122 Å². The highest BCUT2D eigenvalue weighted by atomic mass is 16.6. The van der Waals surface area contributed by atoms with Gasteiger partial charge in [-0.1, -0.05) is 277 Å². The van der Waals surface area contributed by atoms with E-state index in [2.05, 4.69) is 142 Å². The number of rotatable bonds is 59. The zero-order valence-electron chi connectivity index (χ0n) is 51.6. The molecule has 0 saturated heterocycles. The molecule has 0 radical (unpaired) electrons. The van der Waals surface area contributed by atoms with Crippen LogP contribution in [-0.2, 0) is 28.6 Å². The average molecular weight is 1100 g/mol. The normalized spacial score (nSPS) is 12.9. The summed E-state index contributed by atoms with van der Waals surface area (Å²) in [5.74, 6) is -0.918. The lowest BCUT2D eigenvalue weighted by Gasteiger charge is -2.18. The zero-order chi connectivity index (χ0) is 57.1. The third kappa shape index (κ3) is 64.5. The zero-order valence-corrected chi connectivity index (χ0v) is 51.6. The van der Waals surface area contributed by atoms with Gasteiger partial charge in [0.25, 0.3) is 0 Å². The molecule has 0 aromatic carbocycles. The van der Waals surface area contributed by atoms with E-state index in [0.717, 1.165) is 135 Å². The van der Waals surface area contributed by atoms with Gasteiger partial charge in [0, 0.05) is 19.3 Å². The van der Waals surface area contributed by atoms with Gasteiger partial charge in [0.05, 0.1) is 0 Å². The van der Waals surface area contributed by atoms with Crippen LogP contribution in [0.15, 0.2) is 122 Å². The van der Waals surface area contributed by atoms with Crippen molar-refractivity contribution in [1.29, 1.82) is 0 Å². The van der Waals surface area contributed by atoms with Crippen molar-refractivity contribution in [1.82, 2.24) is 0 Å². The number of hydrogen-bond acceptors (Lipinski definition) is 6. The summed E-state index contributed by atoms with van der Waals surface area (Å²) in [6.07, 6.45) is 92.2. The van der Waals surface area contributed by atoms with Crippen LogP contribution in [0.25, 0.3) is 0 Å². The summed E-state index contributed by atoms with van der Waals surface area (Å²) in [4.78, 5) is 38.3. The van der Waals surface area contributed by atoms with Crippen LogP contribution in [-0.4, -0.2) is 37.2 Å². The molecule has 0 N–H and O–H groups in total. The minimum atomic E-state index is -0.797. The molecular formula is C73H122O6. The lowest BCUT2D eigenvalue weighted by atomic mass is 10.0. The molecule has 0 aliphatic rings. The molecule has 0 fully saturated rings. The molecule has 79 heavy (non-hydrogen) atoms. The van der Waals surface area contributed by atoms with E-state index in [1.807, 2.05) is 0 Å². The number of unbranched alkanes of at least 4 members (excludes halogenated alkanes) is 28. The highest BCUT2D eigenvalue weighted by molar-refractivity contribution is 5.71. The summed E-state index contributed by atoms with van der Waals surface area (Å²) >= 11 is 0. The molecular weight excluding hydrogens is 973 g/mol. The number of carbonyl (C=O) groups is 3. The van der Waals surface area contributed by atoms with E-state index in [1.165, 1.54) is 128 Å². The smallest absolute Gasteiger partial charge is 0.306 e. The highest BCUT2D eigenvalue weighted by Crippen LogP contribution is 2.16. The van der Waals surface area contributed by atoms with E-state index in [-0.39, 0.29) is 31.1 Å². The van der Waals surface area contributed by atoms with Crippen molar-refractivity contribution < 1.29 is 28.6 Å². The first kappa shape index (κ1) is 74.8. The maximum atomic E-state index is 12.9. The van der Waals surface area contributed by atoms with Crippen LogP contribution in [0.3, 0.4) is 0 Å². The monoisotopic (exact) mass is 1090 g/mol. The third-order valence-corrected chi connectivity index (χ3v) is 13.9. The van der Waals surface area contributed by atoms with Crippen molar-refractivity contribution in [3.8, 4) is 0 Å². The molecule has 1 unspecified atom stereocenters. The summed E-state index contributed by atoms with van der Waals surface area (Å²) in [6, 6.07) is 0. The first-order chi connectivity index (χ1) is 39.0. The van der Waals surface area contributed by atoms with Crippen LogP contribution < -0.4 is 0 Å². The first-order valence-electron chi connectivity index (χ1n) is 33.0. The average Bonchev–Trinajstić information content (AvgIpc) is 3.45. The van der Waals surface area contributed by atoms with Gasteiger partial charge in [-0.05, 0) is 128 Å². The topological polar surface area (TPSA) is 78.9 Å². The molecule has 450 valence electrons. The van der Waals surface area contributed by atoms with Crippen molar-refractivity contribution in [2.24, 2.45) is 0 Å². The van der Waals surface area contributed by atoms with Crippen molar-refractivity contribution in [2.75, 3.05) is 13.2 Å². The fourth-order valence-corrected chi connectivity index (χ4v) is 9.04. The minimum Gasteiger partial charge on any atom is -0.462 e. The van der Waals surface area contributed by atoms with Gasteiger partial charge < -0.3 is 14.2 Å². The number of carbonyl (C=O) groups excluding carboxylic acids is 3. The number of esters is 3. The Kier molecular flexibility index (Phi) is 62.8. The van der Waals surface area contributed by atoms with Gasteiger partial charge in [-0.25, -0.2) is 0 Å². The van der Waals surface area contributed by atoms with E-state index >= 15 is 0 Å². The molecule has 0 aromatic heterocycles. The predicted octanol–water partition coefficient (Wildman–Crippen LogP) is 22.8. The maximum Gasteiger partial charge on any atom is 0.306 e. The van der Waals surface area contributed by atoms with Gasteiger partial charge in [0.15, 0.2) is 6.10 Å². The molecule has 0 aliphatic heterocycles. The van der Waals surface area contributed by atoms with E-state index < -0.39 is 6.10 Å². The largest absolute Gasteiger partial charge is 0.462 e. The summed E-state index contributed by atoms with van der Waals surface area (Å²) in [7, 11) is 0. The van der Waals surface area contributed by atoms with Gasteiger partial charge in [-0.2, -0.15) is 0 Å². The molecule has 1 atom stereocenters. The van der Waals surface area contributed by atoms with Gasteiger partial charge in [0.2, 0.25) is 0 Å². The Morgan fingerprint density at radius 1 is 0.266 bits per heavy atom. The Morgan fingerprint density at radius 2 is 0.494 bits per heavy atom. The summed E-state index contributed by atoms with van der Waals surface area (Å²) < 4.78 is 16.9. The van der Waals surface area contributed by atoms with Crippen molar-refractivity contribution >= 4 is 17.9 Å². The molecule has 6 nitrogen and oxygen atoms in total. The predicted molar refractivity (Wildman–Crippen MR) is 343 cm³/mol. The molecule has 0 aliphatic carbocycles. The van der Waals surface area contributed by atoms with E-state index in [1.54, 1.807) is 0 Å². The second kappa shape index (κ2) is 66.3. The fourth-order valence-electron chi connectivity index (χ4n) is 9.04. The Bertz CT molecular complexity index is 1640. The Morgan fingerprint density at radius 3 is 0.785 bits per heavy atom. The second-order valence-electron chi connectivity index (χ2n) is 21.6. The van der Waals surface area contributed by atoms with E-state index in [0.29, 0.717) is 19.3 Å². The van der Waals surface area contributed by atoms with Crippen LogP contribution in [0.5, 0.6) is 0 Å². The van der Waals surface area contributed by atoms with Gasteiger partial charge in [-0.15, -0.1) is 0 Å². The molecule has 0 spiro atoms. The van der Waals surface area contributed by atoms with Crippen LogP contribution >= 0.6 is 0 Å². The van der Waals surface area contributed by atoms with Gasteiger partial charge in [0.1, 0.15) is 13.2 Å². The molecule has 0 bridgehead atoms. The summed E-state index contributed by atoms with van der Waals surface area (Å²) in [5.41, 5.74) is 0. The van der Waals surface area contributed by atoms with E-state index in [9.17, 15) is 14.4 Å². The van der Waals surface area contributed by atoms with Crippen LogP contribution in [0.1, 0.15) is 303 Å². The quantitative estimate of drug-likeness (QED) is 0.0261. The van der Waals surface area contributed by atoms with Crippen molar-refractivity contribution in [3.63, 3.8) is 0 Å². The molecule has 0 rings (SSSR count). The van der Waals surface area contributed by atoms with E-state index in [4.69, 9.17) is 14.2 Å². The van der Waals surface area contributed by atoms with Crippen LogP contribution in [0.4, 0.5) is 0 Å². The molecule has 0 amide bonds. The lowest BCUT2D eigenvalue weighted by molar-refractivity contribution is -0.167. The summed E-state index contributed by atoms with van der Waals surface area (Å²) in [6.45, 7) is 6.39. The second-order valence-corrected chi connectivity index (χ2v) is 21.6. The number of hydrogen-bond donors (Lipinski definition) is 0. The Hall–Kier alpha value is -4.19. The fraction of sp³-hybridized carbons (Fsp3) is 0.685. The third-order valence-electron chi connectivity index (χ3n) is 13.9. The van der Waals surface area contributed by atoms with Crippen molar-refractivity contribution in [2.45, 2.75) is 309 Å². The summed E-state index contributed by atoms with van der Waals surface area (Å²) in [5, 5.41) is 0. The minimum absolute atomic E-state index is 0.0909. The number of ether oxygens (including phenoxy) is 3. The Labute approximate surface area is 488 Å².